The summed E-state index contributed by atoms with van der Waals surface area (Å²) < 4.78 is 0. The molecule has 0 aliphatic rings. The molecule has 0 bridgehead atoms. The molecule has 0 radical (unpaired) electrons. The van der Waals surface area contributed by atoms with E-state index in [1.807, 2.05) is 24.3 Å². The average Bonchev–Trinajstić information content (AvgIpc) is 2.04. The van der Waals surface area contributed by atoms with Crippen molar-refractivity contribution < 1.29 is 5.11 Å². The zero-order valence-corrected chi connectivity index (χ0v) is 7.58. The molecule has 3 heteroatoms. The van der Waals surface area contributed by atoms with Crippen LogP contribution in [-0.2, 0) is 6.54 Å². The van der Waals surface area contributed by atoms with E-state index in [1.165, 1.54) is 0 Å². The van der Waals surface area contributed by atoms with Crippen LogP contribution in [0.15, 0.2) is 24.3 Å². The van der Waals surface area contributed by atoms with Crippen molar-refractivity contribution in [3.05, 3.63) is 35.4 Å². The van der Waals surface area contributed by atoms with Gasteiger partial charge in [-0.05, 0) is 11.1 Å². The first-order valence-corrected chi connectivity index (χ1v) is 4.27. The molecule has 0 saturated heterocycles. The summed E-state index contributed by atoms with van der Waals surface area (Å²) in [5.41, 5.74) is 7.27. The Kier molecular flexibility index (Phi) is 3.05. The summed E-state index contributed by atoms with van der Waals surface area (Å²) in [4.78, 5) is 0. The van der Waals surface area contributed by atoms with Gasteiger partial charge in [-0.15, -0.1) is 0 Å². The molecule has 60 valence electrons. The van der Waals surface area contributed by atoms with Crippen LogP contribution in [0, 0.1) is 0 Å². The lowest BCUT2D eigenvalue weighted by Crippen LogP contribution is -2.02. The minimum absolute atomic E-state index is 0.457. The normalized spacial score (nSPS) is 13.0. The van der Waals surface area contributed by atoms with Crippen LogP contribution in [0.2, 0.25) is 0 Å². The number of rotatable bonds is 2. The standard InChI is InChI=1S/C8H10BrNO/c9-8(11)7-4-2-1-3-6(7)5-10/h1-4,8,11H,5,10H2. The highest BCUT2D eigenvalue weighted by atomic mass is 79.9. The fourth-order valence-corrected chi connectivity index (χ4v) is 1.40. The summed E-state index contributed by atoms with van der Waals surface area (Å²) in [7, 11) is 0. The van der Waals surface area contributed by atoms with Crippen LogP contribution in [0.5, 0.6) is 0 Å². The van der Waals surface area contributed by atoms with E-state index < -0.39 is 5.01 Å². The summed E-state index contributed by atoms with van der Waals surface area (Å²) in [6.45, 7) is 0.457. The van der Waals surface area contributed by atoms with E-state index in [2.05, 4.69) is 15.9 Å². The third-order valence-corrected chi connectivity index (χ3v) is 2.02. The van der Waals surface area contributed by atoms with E-state index >= 15 is 0 Å². The van der Waals surface area contributed by atoms with Gasteiger partial charge < -0.3 is 10.8 Å². The maximum atomic E-state index is 9.20. The minimum atomic E-state index is -0.609. The maximum Gasteiger partial charge on any atom is 0.134 e. The first kappa shape index (κ1) is 8.71. The van der Waals surface area contributed by atoms with Crippen molar-refractivity contribution in [1.29, 1.82) is 0 Å². The molecule has 1 rings (SSSR count). The van der Waals surface area contributed by atoms with Gasteiger partial charge in [0.25, 0.3) is 0 Å². The van der Waals surface area contributed by atoms with Gasteiger partial charge in [0.05, 0.1) is 0 Å². The maximum absolute atomic E-state index is 9.20. The van der Waals surface area contributed by atoms with Crippen LogP contribution in [0.25, 0.3) is 0 Å². The number of alkyl halides is 1. The van der Waals surface area contributed by atoms with Gasteiger partial charge in [-0.25, -0.2) is 0 Å². The van der Waals surface area contributed by atoms with E-state index in [1.54, 1.807) is 0 Å². The lowest BCUT2D eigenvalue weighted by molar-refractivity contribution is 0.276. The topological polar surface area (TPSA) is 46.2 Å². The van der Waals surface area contributed by atoms with E-state index in [0.29, 0.717) is 6.54 Å². The van der Waals surface area contributed by atoms with Gasteiger partial charge in [-0.3, -0.25) is 0 Å². The molecule has 2 nitrogen and oxygen atoms in total. The first-order chi connectivity index (χ1) is 5.25. The smallest absolute Gasteiger partial charge is 0.134 e. The van der Waals surface area contributed by atoms with Crippen LogP contribution in [0.1, 0.15) is 16.1 Å². The fourth-order valence-electron chi connectivity index (χ4n) is 0.952. The molecule has 0 heterocycles. The number of aliphatic hydroxyl groups excluding tert-OH is 1. The molecule has 0 aliphatic heterocycles. The Hall–Kier alpha value is -0.380. The monoisotopic (exact) mass is 215 g/mol. The van der Waals surface area contributed by atoms with Crippen LogP contribution in [0.4, 0.5) is 0 Å². The third kappa shape index (κ3) is 2.02. The summed E-state index contributed by atoms with van der Waals surface area (Å²) >= 11 is 3.07. The second-order valence-corrected chi connectivity index (χ2v) is 3.11. The lowest BCUT2D eigenvalue weighted by Gasteiger charge is -2.07. The van der Waals surface area contributed by atoms with Crippen molar-refractivity contribution in [1.82, 2.24) is 0 Å². The number of halogens is 1. The minimum Gasteiger partial charge on any atom is -0.377 e. The fraction of sp³-hybridized carbons (Fsp3) is 0.250. The molecule has 1 unspecified atom stereocenters. The van der Waals surface area contributed by atoms with E-state index in [0.717, 1.165) is 11.1 Å². The zero-order valence-electron chi connectivity index (χ0n) is 6.00. The van der Waals surface area contributed by atoms with Gasteiger partial charge in [0.1, 0.15) is 5.01 Å². The van der Waals surface area contributed by atoms with Crippen molar-refractivity contribution in [2.45, 2.75) is 11.6 Å². The highest BCUT2D eigenvalue weighted by Gasteiger charge is 2.05. The highest BCUT2D eigenvalue weighted by molar-refractivity contribution is 9.09. The summed E-state index contributed by atoms with van der Waals surface area (Å²) in [5, 5.41) is 8.59. The Labute approximate surface area is 74.2 Å². The molecular formula is C8H10BrNO. The molecule has 0 amide bonds. The van der Waals surface area contributed by atoms with Crippen LogP contribution < -0.4 is 5.73 Å². The van der Waals surface area contributed by atoms with E-state index in [9.17, 15) is 5.11 Å². The Morgan fingerprint density at radius 1 is 1.45 bits per heavy atom. The molecule has 0 fully saturated rings. The van der Waals surface area contributed by atoms with Crippen molar-refractivity contribution in [3.8, 4) is 0 Å². The highest BCUT2D eigenvalue weighted by Crippen LogP contribution is 2.22. The number of aliphatic hydroxyl groups is 1. The second kappa shape index (κ2) is 3.85. The Bertz CT molecular complexity index is 237. The molecule has 0 aromatic heterocycles. The Balaban J connectivity index is 3.02. The number of hydrogen-bond donors (Lipinski definition) is 2. The molecule has 0 saturated carbocycles. The van der Waals surface area contributed by atoms with Gasteiger partial charge >= 0.3 is 0 Å². The summed E-state index contributed by atoms with van der Waals surface area (Å²) in [6, 6.07) is 7.53. The molecule has 0 spiro atoms. The largest absolute Gasteiger partial charge is 0.377 e. The zero-order chi connectivity index (χ0) is 8.27. The van der Waals surface area contributed by atoms with Gasteiger partial charge in [-0.1, -0.05) is 40.2 Å². The molecule has 1 atom stereocenters. The Morgan fingerprint density at radius 2 is 2.09 bits per heavy atom. The number of nitrogens with two attached hydrogens (primary N) is 1. The Morgan fingerprint density at radius 3 is 2.55 bits per heavy atom. The first-order valence-electron chi connectivity index (χ1n) is 3.35. The second-order valence-electron chi connectivity index (χ2n) is 2.24. The van der Waals surface area contributed by atoms with E-state index in [4.69, 9.17) is 5.73 Å². The average molecular weight is 216 g/mol. The van der Waals surface area contributed by atoms with Gasteiger partial charge in [0.2, 0.25) is 0 Å². The van der Waals surface area contributed by atoms with Gasteiger partial charge in [-0.2, -0.15) is 0 Å². The summed E-state index contributed by atoms with van der Waals surface area (Å²) in [6.07, 6.45) is 0. The predicted molar refractivity (Wildman–Crippen MR) is 48.2 cm³/mol. The molecule has 1 aromatic rings. The van der Waals surface area contributed by atoms with Gasteiger partial charge in [0, 0.05) is 6.54 Å². The number of hydrogen-bond acceptors (Lipinski definition) is 2. The van der Waals surface area contributed by atoms with Crippen molar-refractivity contribution in [2.75, 3.05) is 0 Å². The summed E-state index contributed by atoms with van der Waals surface area (Å²) in [5.74, 6) is 0. The van der Waals surface area contributed by atoms with Crippen molar-refractivity contribution >= 4 is 15.9 Å². The van der Waals surface area contributed by atoms with Crippen LogP contribution >= 0.6 is 15.9 Å². The lowest BCUT2D eigenvalue weighted by atomic mass is 10.1. The third-order valence-electron chi connectivity index (χ3n) is 1.53. The molecule has 3 N–H and O–H groups in total. The quantitative estimate of drug-likeness (QED) is 0.736. The van der Waals surface area contributed by atoms with Crippen molar-refractivity contribution in [3.63, 3.8) is 0 Å². The SMILES string of the molecule is NCc1ccccc1C(O)Br. The van der Waals surface area contributed by atoms with E-state index in [-0.39, 0.29) is 0 Å². The van der Waals surface area contributed by atoms with Crippen molar-refractivity contribution in [2.24, 2.45) is 5.73 Å². The molecular weight excluding hydrogens is 206 g/mol. The van der Waals surface area contributed by atoms with Gasteiger partial charge in [0.15, 0.2) is 0 Å². The predicted octanol–water partition coefficient (Wildman–Crippen LogP) is 1.53. The van der Waals surface area contributed by atoms with Crippen LogP contribution in [-0.4, -0.2) is 5.11 Å². The number of benzene rings is 1. The molecule has 1 aromatic carbocycles. The molecule has 11 heavy (non-hydrogen) atoms. The van der Waals surface area contributed by atoms with Crippen LogP contribution in [0.3, 0.4) is 0 Å². The molecule has 0 aliphatic carbocycles.